The molecule has 20 heavy (non-hydrogen) atoms. The number of thiazole rings is 1. The highest BCUT2D eigenvalue weighted by Crippen LogP contribution is 2.23. The van der Waals surface area contributed by atoms with E-state index in [0.717, 1.165) is 16.1 Å². The van der Waals surface area contributed by atoms with Crippen LogP contribution in [0.5, 0.6) is 0 Å². The summed E-state index contributed by atoms with van der Waals surface area (Å²) in [5.41, 5.74) is 1.66. The number of nitrogens with zero attached hydrogens (tertiary/aromatic N) is 1. The van der Waals surface area contributed by atoms with Gasteiger partial charge in [0.25, 0.3) is 0 Å². The number of aryl methyl sites for hydroxylation is 2. The van der Waals surface area contributed by atoms with Crippen LogP contribution in [0.4, 0.5) is 5.13 Å². The Morgan fingerprint density at radius 3 is 2.70 bits per heavy atom. The zero-order valence-electron chi connectivity index (χ0n) is 10.9. The van der Waals surface area contributed by atoms with Gasteiger partial charge in [-0.25, -0.2) is 4.98 Å². The Bertz CT molecular complexity index is 660. The van der Waals surface area contributed by atoms with E-state index >= 15 is 0 Å². The van der Waals surface area contributed by atoms with Gasteiger partial charge in [0, 0.05) is 21.0 Å². The van der Waals surface area contributed by atoms with Crippen LogP contribution in [0, 0.1) is 13.8 Å². The molecule has 1 N–H and O–H groups in total. The summed E-state index contributed by atoms with van der Waals surface area (Å²) in [7, 11) is 0. The molecule has 1 aromatic carbocycles. The number of nitrogens with one attached hydrogen (secondary N) is 1. The van der Waals surface area contributed by atoms with Gasteiger partial charge in [-0.3, -0.25) is 10.1 Å². The van der Waals surface area contributed by atoms with E-state index < -0.39 is 0 Å². The van der Waals surface area contributed by atoms with Crippen molar-refractivity contribution in [3.63, 3.8) is 0 Å². The smallest absolute Gasteiger partial charge is 0.250 e. The van der Waals surface area contributed by atoms with Gasteiger partial charge in [-0.05, 0) is 37.6 Å². The van der Waals surface area contributed by atoms with Crippen LogP contribution >= 0.6 is 34.5 Å². The van der Waals surface area contributed by atoms with E-state index in [1.807, 2.05) is 13.8 Å². The summed E-state index contributed by atoms with van der Waals surface area (Å²) < 4.78 is 0. The molecule has 1 aromatic heterocycles. The van der Waals surface area contributed by atoms with Crippen molar-refractivity contribution >= 4 is 51.7 Å². The third-order valence-corrected chi connectivity index (χ3v) is 4.19. The fraction of sp³-hybridized carbons (Fsp3) is 0.143. The van der Waals surface area contributed by atoms with Crippen LogP contribution in [0.1, 0.15) is 16.1 Å². The van der Waals surface area contributed by atoms with Gasteiger partial charge in [-0.15, -0.1) is 11.3 Å². The van der Waals surface area contributed by atoms with Crippen molar-refractivity contribution in [2.45, 2.75) is 13.8 Å². The molecule has 0 aliphatic carbocycles. The van der Waals surface area contributed by atoms with Gasteiger partial charge in [0.1, 0.15) is 0 Å². The number of benzene rings is 1. The SMILES string of the molecule is Cc1nc(NC(=O)C=Cc2ccc(Cl)cc2Cl)sc1C. The fourth-order valence-electron chi connectivity index (χ4n) is 1.48. The maximum absolute atomic E-state index is 11.8. The number of aromatic nitrogens is 1. The van der Waals surface area contributed by atoms with Crippen molar-refractivity contribution < 1.29 is 4.79 Å². The number of anilines is 1. The second kappa shape index (κ2) is 6.39. The first kappa shape index (κ1) is 15.0. The van der Waals surface area contributed by atoms with Gasteiger partial charge in [-0.2, -0.15) is 0 Å². The number of rotatable bonds is 3. The van der Waals surface area contributed by atoms with E-state index in [4.69, 9.17) is 23.2 Å². The van der Waals surface area contributed by atoms with E-state index in [9.17, 15) is 4.79 Å². The Labute approximate surface area is 131 Å². The monoisotopic (exact) mass is 326 g/mol. The lowest BCUT2D eigenvalue weighted by atomic mass is 10.2. The van der Waals surface area contributed by atoms with Crippen LogP contribution in [0.25, 0.3) is 6.08 Å². The second-order valence-corrected chi connectivity index (χ2v) is 6.20. The minimum atomic E-state index is -0.246. The summed E-state index contributed by atoms with van der Waals surface area (Å²) in [4.78, 5) is 17.1. The van der Waals surface area contributed by atoms with E-state index in [0.29, 0.717) is 15.2 Å². The first-order chi connectivity index (χ1) is 9.45. The topological polar surface area (TPSA) is 42.0 Å². The predicted molar refractivity (Wildman–Crippen MR) is 85.7 cm³/mol. The molecular weight excluding hydrogens is 315 g/mol. The normalized spacial score (nSPS) is 11.0. The molecule has 6 heteroatoms. The van der Waals surface area contributed by atoms with Crippen LogP contribution in [-0.2, 0) is 4.79 Å². The molecule has 0 saturated heterocycles. The maximum Gasteiger partial charge on any atom is 0.250 e. The van der Waals surface area contributed by atoms with E-state index in [1.165, 1.54) is 17.4 Å². The highest BCUT2D eigenvalue weighted by atomic mass is 35.5. The molecule has 0 fully saturated rings. The number of hydrogen-bond acceptors (Lipinski definition) is 3. The highest BCUT2D eigenvalue weighted by Gasteiger charge is 2.05. The van der Waals surface area contributed by atoms with Gasteiger partial charge in [0.05, 0.1) is 5.69 Å². The molecule has 0 radical (unpaired) electrons. The number of hydrogen-bond donors (Lipinski definition) is 1. The van der Waals surface area contributed by atoms with Crippen LogP contribution in [0.2, 0.25) is 10.0 Å². The average molecular weight is 327 g/mol. The number of carbonyl (C=O) groups excluding carboxylic acids is 1. The van der Waals surface area contributed by atoms with Crippen molar-refractivity contribution in [3.05, 3.63) is 50.5 Å². The lowest BCUT2D eigenvalue weighted by Gasteiger charge is -1.99. The minimum Gasteiger partial charge on any atom is -0.298 e. The summed E-state index contributed by atoms with van der Waals surface area (Å²) in [5.74, 6) is -0.246. The van der Waals surface area contributed by atoms with Gasteiger partial charge in [0.2, 0.25) is 5.91 Å². The summed E-state index contributed by atoms with van der Waals surface area (Å²) in [5, 5.41) is 4.37. The molecule has 0 saturated carbocycles. The van der Waals surface area contributed by atoms with Gasteiger partial charge in [-0.1, -0.05) is 29.3 Å². The van der Waals surface area contributed by atoms with Gasteiger partial charge >= 0.3 is 0 Å². The molecule has 0 aliphatic rings. The summed E-state index contributed by atoms with van der Waals surface area (Å²) in [6, 6.07) is 5.11. The van der Waals surface area contributed by atoms with Crippen LogP contribution in [0.3, 0.4) is 0 Å². The molecule has 1 heterocycles. The standard InChI is InChI=1S/C14H12Cl2N2OS/c1-8-9(2)20-14(17-8)18-13(19)6-4-10-3-5-11(15)7-12(10)16/h3-7H,1-2H3,(H,17,18,19). The number of halogens is 2. The molecule has 0 bridgehead atoms. The Morgan fingerprint density at radius 1 is 1.35 bits per heavy atom. The molecule has 104 valence electrons. The average Bonchev–Trinajstić information content (AvgIpc) is 2.67. The molecule has 3 nitrogen and oxygen atoms in total. The first-order valence-corrected chi connectivity index (χ1v) is 7.41. The van der Waals surface area contributed by atoms with E-state index in [2.05, 4.69) is 10.3 Å². The minimum absolute atomic E-state index is 0.246. The molecule has 0 unspecified atom stereocenters. The molecule has 0 atom stereocenters. The van der Waals surface area contributed by atoms with Gasteiger partial charge < -0.3 is 0 Å². The van der Waals surface area contributed by atoms with Crippen molar-refractivity contribution in [2.24, 2.45) is 0 Å². The van der Waals surface area contributed by atoms with Crippen molar-refractivity contribution in [2.75, 3.05) is 5.32 Å². The molecule has 2 rings (SSSR count). The van der Waals surface area contributed by atoms with Gasteiger partial charge in [0.15, 0.2) is 5.13 Å². The van der Waals surface area contributed by atoms with E-state index in [1.54, 1.807) is 24.3 Å². The fourth-order valence-corrected chi connectivity index (χ4v) is 2.76. The second-order valence-electron chi connectivity index (χ2n) is 4.15. The first-order valence-electron chi connectivity index (χ1n) is 5.84. The molecule has 0 spiro atoms. The zero-order chi connectivity index (χ0) is 14.7. The lowest BCUT2D eigenvalue weighted by Crippen LogP contribution is -2.07. The van der Waals surface area contributed by atoms with Crippen LogP contribution < -0.4 is 5.32 Å². The summed E-state index contributed by atoms with van der Waals surface area (Å²) in [6.07, 6.45) is 3.06. The molecule has 1 amide bonds. The Morgan fingerprint density at radius 2 is 2.10 bits per heavy atom. The van der Waals surface area contributed by atoms with Crippen molar-refractivity contribution in [3.8, 4) is 0 Å². The quantitative estimate of drug-likeness (QED) is 0.829. The summed E-state index contributed by atoms with van der Waals surface area (Å²) in [6.45, 7) is 3.87. The predicted octanol–water partition coefficient (Wildman–Crippen LogP) is 4.72. The Kier molecular flexibility index (Phi) is 4.81. The van der Waals surface area contributed by atoms with Crippen LogP contribution in [-0.4, -0.2) is 10.9 Å². The maximum atomic E-state index is 11.8. The molecule has 0 aliphatic heterocycles. The summed E-state index contributed by atoms with van der Waals surface area (Å²) >= 11 is 13.3. The Hall–Kier alpha value is -1.36. The van der Waals surface area contributed by atoms with E-state index in [-0.39, 0.29) is 5.91 Å². The largest absolute Gasteiger partial charge is 0.298 e. The number of amides is 1. The lowest BCUT2D eigenvalue weighted by molar-refractivity contribution is -0.111. The van der Waals surface area contributed by atoms with Crippen LogP contribution in [0.15, 0.2) is 24.3 Å². The highest BCUT2D eigenvalue weighted by molar-refractivity contribution is 7.15. The third-order valence-electron chi connectivity index (χ3n) is 2.64. The molecular formula is C14H12Cl2N2OS. The van der Waals surface area contributed by atoms with Crippen molar-refractivity contribution in [1.29, 1.82) is 0 Å². The molecule has 2 aromatic rings. The number of carbonyl (C=O) groups is 1. The Balaban J connectivity index is 2.05. The van der Waals surface area contributed by atoms with Crippen molar-refractivity contribution in [1.82, 2.24) is 4.98 Å². The third kappa shape index (κ3) is 3.82. The zero-order valence-corrected chi connectivity index (χ0v) is 13.2.